The van der Waals surface area contributed by atoms with Crippen molar-refractivity contribution in [2.45, 2.75) is 271 Å². The normalized spacial score (nSPS) is 12.0. The Morgan fingerprint density at radius 2 is 0.635 bits per heavy atom. The molecule has 0 fully saturated rings. The van der Waals surface area contributed by atoms with Crippen LogP contribution in [0, 0.1) is 0 Å². The van der Waals surface area contributed by atoms with E-state index in [0.29, 0.717) is 26.1 Å². The monoisotopic (exact) mass is 737 g/mol. The summed E-state index contributed by atoms with van der Waals surface area (Å²) in [7, 11) is 0. The van der Waals surface area contributed by atoms with Gasteiger partial charge in [0.05, 0.1) is 6.61 Å². The lowest BCUT2D eigenvalue weighted by molar-refractivity contribution is -0.163. The maximum atomic E-state index is 12.6. The number of hydrogen-bond acceptors (Lipinski definition) is 5. The molecule has 0 radical (unpaired) electrons. The Balaban J connectivity index is 4.08. The molecule has 310 valence electrons. The first-order valence-corrected chi connectivity index (χ1v) is 23.6. The predicted molar refractivity (Wildman–Crippen MR) is 224 cm³/mol. The lowest BCUT2D eigenvalue weighted by Gasteiger charge is -2.18. The van der Waals surface area contributed by atoms with Crippen LogP contribution in [0.5, 0.6) is 0 Å². The van der Waals surface area contributed by atoms with Gasteiger partial charge >= 0.3 is 11.9 Å². The molecule has 0 N–H and O–H groups in total. The van der Waals surface area contributed by atoms with Gasteiger partial charge in [-0.3, -0.25) is 9.59 Å². The fourth-order valence-electron chi connectivity index (χ4n) is 7.10. The first kappa shape index (κ1) is 50.9. The van der Waals surface area contributed by atoms with E-state index < -0.39 is 6.10 Å². The van der Waals surface area contributed by atoms with Gasteiger partial charge in [0.25, 0.3) is 0 Å². The molecule has 5 heteroatoms. The van der Waals surface area contributed by atoms with E-state index in [1.165, 1.54) is 199 Å². The van der Waals surface area contributed by atoms with Crippen molar-refractivity contribution >= 4 is 11.9 Å². The van der Waals surface area contributed by atoms with E-state index in [2.05, 4.69) is 20.8 Å². The van der Waals surface area contributed by atoms with Crippen LogP contribution in [0.25, 0.3) is 0 Å². The maximum Gasteiger partial charge on any atom is 0.306 e. The van der Waals surface area contributed by atoms with Crippen LogP contribution in [0.15, 0.2) is 0 Å². The number of unbranched alkanes of at least 4 members (excludes halogenated alkanes) is 33. The Bertz CT molecular complexity index is 710. The summed E-state index contributed by atoms with van der Waals surface area (Å²) in [5.74, 6) is -0.382. The van der Waals surface area contributed by atoms with E-state index in [0.717, 1.165) is 32.1 Å². The van der Waals surface area contributed by atoms with Crippen molar-refractivity contribution in [3.05, 3.63) is 0 Å². The van der Waals surface area contributed by atoms with Crippen LogP contribution in [0.4, 0.5) is 0 Å². The molecule has 52 heavy (non-hydrogen) atoms. The van der Waals surface area contributed by atoms with Crippen LogP contribution in [0.2, 0.25) is 0 Å². The molecular formula is C47H92O5. The van der Waals surface area contributed by atoms with Gasteiger partial charge in [0, 0.05) is 19.4 Å². The summed E-state index contributed by atoms with van der Waals surface area (Å²) in [6.07, 6.45) is 46.8. The molecule has 0 rings (SSSR count). The summed E-state index contributed by atoms with van der Waals surface area (Å²) in [6.45, 7) is 7.85. The Kier molecular flexibility index (Phi) is 43.4. The third-order valence-electron chi connectivity index (χ3n) is 10.6. The number of ether oxygens (including phenoxy) is 3. The van der Waals surface area contributed by atoms with Gasteiger partial charge < -0.3 is 14.2 Å². The van der Waals surface area contributed by atoms with Gasteiger partial charge in [-0.05, 0) is 19.3 Å². The van der Waals surface area contributed by atoms with Crippen molar-refractivity contribution in [1.29, 1.82) is 0 Å². The highest BCUT2D eigenvalue weighted by molar-refractivity contribution is 5.70. The van der Waals surface area contributed by atoms with Gasteiger partial charge in [-0.1, -0.05) is 233 Å². The second kappa shape index (κ2) is 44.3. The van der Waals surface area contributed by atoms with Gasteiger partial charge in [-0.25, -0.2) is 0 Å². The quantitative estimate of drug-likeness (QED) is 0.0460. The SMILES string of the molecule is CCCCCCCCCCCCCCCCCC(=O)OCC(COCCCCCCCCCCCCCCCC)OC(=O)CCCCCCCCC. The second-order valence-electron chi connectivity index (χ2n) is 16.0. The summed E-state index contributed by atoms with van der Waals surface area (Å²) in [5.41, 5.74) is 0. The molecule has 1 unspecified atom stereocenters. The molecule has 0 aliphatic rings. The summed E-state index contributed by atoms with van der Waals surface area (Å²) in [4.78, 5) is 25.1. The average Bonchev–Trinajstić information content (AvgIpc) is 3.14. The topological polar surface area (TPSA) is 61.8 Å². The third kappa shape index (κ3) is 41.7. The van der Waals surface area contributed by atoms with Crippen LogP contribution in [-0.4, -0.2) is 37.9 Å². The van der Waals surface area contributed by atoms with Gasteiger partial charge in [0.1, 0.15) is 6.61 Å². The first-order valence-electron chi connectivity index (χ1n) is 23.6. The van der Waals surface area contributed by atoms with E-state index in [4.69, 9.17) is 14.2 Å². The van der Waals surface area contributed by atoms with E-state index in [1.54, 1.807) is 0 Å². The van der Waals surface area contributed by atoms with Crippen LogP contribution < -0.4 is 0 Å². The summed E-state index contributed by atoms with van der Waals surface area (Å²) < 4.78 is 17.3. The van der Waals surface area contributed by atoms with E-state index >= 15 is 0 Å². The predicted octanol–water partition coefficient (Wildman–Crippen LogP) is 15.3. The highest BCUT2D eigenvalue weighted by Gasteiger charge is 2.17. The lowest BCUT2D eigenvalue weighted by Crippen LogP contribution is -2.30. The van der Waals surface area contributed by atoms with Crippen LogP contribution in [0.3, 0.4) is 0 Å². The molecule has 0 aliphatic heterocycles. The summed E-state index contributed by atoms with van der Waals surface area (Å²) >= 11 is 0. The van der Waals surface area contributed by atoms with Crippen molar-refractivity contribution in [3.63, 3.8) is 0 Å². The highest BCUT2D eigenvalue weighted by atomic mass is 16.6. The second-order valence-corrected chi connectivity index (χ2v) is 16.0. The fourth-order valence-corrected chi connectivity index (χ4v) is 7.10. The number of rotatable bonds is 44. The number of hydrogen-bond donors (Lipinski definition) is 0. The number of esters is 2. The van der Waals surface area contributed by atoms with E-state index in [9.17, 15) is 9.59 Å². The van der Waals surface area contributed by atoms with Crippen molar-refractivity contribution in [3.8, 4) is 0 Å². The zero-order chi connectivity index (χ0) is 37.8. The first-order chi connectivity index (χ1) is 25.6. The summed E-state index contributed by atoms with van der Waals surface area (Å²) in [5, 5.41) is 0. The Hall–Kier alpha value is -1.10. The fraction of sp³-hybridized carbons (Fsp3) is 0.957. The minimum atomic E-state index is -0.520. The minimum absolute atomic E-state index is 0.0963. The highest BCUT2D eigenvalue weighted by Crippen LogP contribution is 2.16. The molecule has 1 atom stereocenters. The molecule has 0 saturated heterocycles. The van der Waals surface area contributed by atoms with E-state index in [-0.39, 0.29) is 18.5 Å². The molecule has 0 saturated carbocycles. The standard InChI is InChI=1S/C47H92O5/c1-4-7-10-13-16-18-20-22-24-25-27-29-32-34-37-40-46(48)51-44-45(52-47(49)41-38-35-31-15-12-9-6-3)43-50-42-39-36-33-30-28-26-23-21-19-17-14-11-8-5-2/h45H,4-44H2,1-3H3. The molecule has 0 amide bonds. The molecule has 0 heterocycles. The maximum absolute atomic E-state index is 12.6. The molecule has 0 aromatic carbocycles. The van der Waals surface area contributed by atoms with Crippen LogP contribution in [-0.2, 0) is 23.8 Å². The van der Waals surface area contributed by atoms with Crippen molar-refractivity contribution in [2.24, 2.45) is 0 Å². The van der Waals surface area contributed by atoms with Gasteiger partial charge in [-0.2, -0.15) is 0 Å². The molecule has 0 aromatic rings. The molecule has 5 nitrogen and oxygen atoms in total. The van der Waals surface area contributed by atoms with Crippen molar-refractivity contribution in [1.82, 2.24) is 0 Å². The average molecular weight is 737 g/mol. The summed E-state index contributed by atoms with van der Waals surface area (Å²) in [6, 6.07) is 0. The Morgan fingerprint density at radius 3 is 0.981 bits per heavy atom. The minimum Gasteiger partial charge on any atom is -0.462 e. The molecule has 0 spiro atoms. The smallest absolute Gasteiger partial charge is 0.306 e. The third-order valence-corrected chi connectivity index (χ3v) is 10.6. The van der Waals surface area contributed by atoms with Gasteiger partial charge in [0.2, 0.25) is 0 Å². The molecule has 0 aliphatic carbocycles. The number of carbonyl (C=O) groups excluding carboxylic acids is 2. The van der Waals surface area contributed by atoms with Gasteiger partial charge in [-0.15, -0.1) is 0 Å². The van der Waals surface area contributed by atoms with Crippen LogP contribution in [0.1, 0.15) is 265 Å². The Labute approximate surface area is 325 Å². The van der Waals surface area contributed by atoms with Crippen molar-refractivity contribution < 1.29 is 23.8 Å². The zero-order valence-electron chi connectivity index (χ0n) is 35.6. The zero-order valence-corrected chi connectivity index (χ0v) is 35.6. The molecule has 0 bridgehead atoms. The number of carbonyl (C=O) groups is 2. The van der Waals surface area contributed by atoms with Crippen LogP contribution >= 0.6 is 0 Å². The largest absolute Gasteiger partial charge is 0.462 e. The van der Waals surface area contributed by atoms with Crippen molar-refractivity contribution in [2.75, 3.05) is 19.8 Å². The van der Waals surface area contributed by atoms with E-state index in [1.807, 2.05) is 0 Å². The molecular weight excluding hydrogens is 645 g/mol. The molecule has 0 aromatic heterocycles. The Morgan fingerprint density at radius 1 is 0.346 bits per heavy atom. The van der Waals surface area contributed by atoms with Gasteiger partial charge in [0.15, 0.2) is 6.10 Å². The lowest BCUT2D eigenvalue weighted by atomic mass is 10.0.